The quantitative estimate of drug-likeness (QED) is 0.710. The zero-order valence-electron chi connectivity index (χ0n) is 15.5. The van der Waals surface area contributed by atoms with Gasteiger partial charge in [-0.1, -0.05) is 42.5 Å². The summed E-state index contributed by atoms with van der Waals surface area (Å²) in [6.07, 6.45) is 0.883. The van der Waals surface area contributed by atoms with Crippen molar-refractivity contribution in [3.05, 3.63) is 60.2 Å². The molecule has 1 N–H and O–H groups in total. The topological polar surface area (TPSA) is 83.6 Å². The molecule has 1 aliphatic heterocycles. The number of alkyl halides is 2. The molecule has 0 aromatic heterocycles. The minimum absolute atomic E-state index is 0.0819. The van der Waals surface area contributed by atoms with Crippen molar-refractivity contribution >= 4 is 25.5 Å². The second-order valence-corrected chi connectivity index (χ2v) is 10.7. The summed E-state index contributed by atoms with van der Waals surface area (Å²) in [5.41, 5.74) is 0.817. The molecule has 1 aliphatic rings. The fourth-order valence-corrected chi connectivity index (χ4v) is 5.76. The van der Waals surface area contributed by atoms with Gasteiger partial charge in [-0.15, -0.1) is 0 Å². The molecular formula is C19H22F2N2O4S2. The van der Waals surface area contributed by atoms with E-state index in [1.54, 1.807) is 30.3 Å². The molecule has 3 rings (SSSR count). The maximum atomic E-state index is 12.9. The van der Waals surface area contributed by atoms with Gasteiger partial charge in [0.25, 0.3) is 0 Å². The number of para-hydroxylation sites is 1. The molecule has 1 fully saturated rings. The first-order valence-electron chi connectivity index (χ1n) is 9.09. The molecular weight excluding hydrogens is 422 g/mol. The van der Waals surface area contributed by atoms with Crippen LogP contribution in [0.5, 0.6) is 0 Å². The number of sulfone groups is 1. The van der Waals surface area contributed by atoms with Gasteiger partial charge in [0.15, 0.2) is 0 Å². The number of sulfonamides is 1. The van der Waals surface area contributed by atoms with Crippen LogP contribution in [0.25, 0.3) is 0 Å². The van der Waals surface area contributed by atoms with E-state index in [1.807, 2.05) is 6.07 Å². The van der Waals surface area contributed by atoms with Gasteiger partial charge in [0, 0.05) is 19.1 Å². The third-order valence-electron chi connectivity index (χ3n) is 4.83. The largest absolute Gasteiger partial charge is 0.381 e. The van der Waals surface area contributed by atoms with Crippen molar-refractivity contribution in [1.82, 2.24) is 4.31 Å². The van der Waals surface area contributed by atoms with Crippen LogP contribution in [0, 0.1) is 0 Å². The molecule has 0 bridgehead atoms. The molecule has 0 unspecified atom stereocenters. The second-order valence-electron chi connectivity index (χ2n) is 6.86. The number of benzene rings is 2. The lowest BCUT2D eigenvalue weighted by molar-refractivity contribution is 0.235. The van der Waals surface area contributed by atoms with Crippen molar-refractivity contribution in [1.29, 1.82) is 0 Å². The van der Waals surface area contributed by atoms with E-state index in [-0.39, 0.29) is 30.6 Å². The lowest BCUT2D eigenvalue weighted by atomic mass is 10.1. The first-order chi connectivity index (χ1) is 13.7. The van der Waals surface area contributed by atoms with E-state index in [0.717, 1.165) is 6.07 Å². The van der Waals surface area contributed by atoms with E-state index in [9.17, 15) is 25.6 Å². The Kier molecular flexibility index (Phi) is 6.55. The van der Waals surface area contributed by atoms with Crippen LogP contribution in [0.3, 0.4) is 0 Å². The highest BCUT2D eigenvalue weighted by Gasteiger charge is 2.31. The Morgan fingerprint density at radius 2 is 1.52 bits per heavy atom. The summed E-state index contributed by atoms with van der Waals surface area (Å²) in [5.74, 6) is -3.59. The second kappa shape index (κ2) is 8.76. The van der Waals surface area contributed by atoms with E-state index in [4.69, 9.17) is 0 Å². The van der Waals surface area contributed by atoms with E-state index >= 15 is 0 Å². The third kappa shape index (κ3) is 5.12. The van der Waals surface area contributed by atoms with Gasteiger partial charge < -0.3 is 5.32 Å². The Morgan fingerprint density at radius 3 is 2.14 bits per heavy atom. The smallest absolute Gasteiger partial charge is 0.341 e. The molecule has 0 aliphatic carbocycles. The summed E-state index contributed by atoms with van der Waals surface area (Å²) in [6.45, 7) is 0.549. The maximum Gasteiger partial charge on any atom is 0.341 e. The molecule has 0 amide bonds. The van der Waals surface area contributed by atoms with Crippen LogP contribution in [0.2, 0.25) is 0 Å². The molecule has 0 spiro atoms. The lowest BCUT2D eigenvalue weighted by Gasteiger charge is -2.32. The number of anilines is 1. The highest BCUT2D eigenvalue weighted by atomic mass is 32.2. The van der Waals surface area contributed by atoms with Crippen molar-refractivity contribution in [2.75, 3.05) is 18.4 Å². The van der Waals surface area contributed by atoms with Gasteiger partial charge in [0.05, 0.1) is 16.3 Å². The standard InChI is InChI=1S/C19H22F2N2O4S2/c20-19(21)29(26,27)18-9-5-4-8-17(18)22-16-10-12-23(13-11-16)28(24,25)14-15-6-2-1-3-7-15/h1-9,16,19,22H,10-14H2. The van der Waals surface area contributed by atoms with Crippen molar-refractivity contribution in [3.63, 3.8) is 0 Å². The fourth-order valence-electron chi connectivity index (χ4n) is 3.30. The van der Waals surface area contributed by atoms with Gasteiger partial charge >= 0.3 is 5.76 Å². The number of hydrogen-bond donors (Lipinski definition) is 1. The lowest BCUT2D eigenvalue weighted by Crippen LogP contribution is -2.42. The summed E-state index contributed by atoms with van der Waals surface area (Å²) in [6, 6.07) is 14.2. The zero-order valence-corrected chi connectivity index (χ0v) is 17.2. The molecule has 0 atom stereocenters. The van der Waals surface area contributed by atoms with Crippen LogP contribution in [0.1, 0.15) is 18.4 Å². The normalized spacial score (nSPS) is 16.8. The minimum atomic E-state index is -4.73. The predicted molar refractivity (Wildman–Crippen MR) is 107 cm³/mol. The molecule has 1 saturated heterocycles. The molecule has 0 saturated carbocycles. The van der Waals surface area contributed by atoms with Crippen molar-refractivity contribution < 1.29 is 25.6 Å². The Balaban J connectivity index is 1.65. The van der Waals surface area contributed by atoms with E-state index < -0.39 is 30.5 Å². The average Bonchev–Trinajstić information content (AvgIpc) is 2.69. The third-order valence-corrected chi connectivity index (χ3v) is 8.12. The van der Waals surface area contributed by atoms with Crippen LogP contribution < -0.4 is 5.32 Å². The summed E-state index contributed by atoms with van der Waals surface area (Å²) in [4.78, 5) is -0.450. The molecule has 29 heavy (non-hydrogen) atoms. The van der Waals surface area contributed by atoms with Crippen LogP contribution in [-0.2, 0) is 25.6 Å². The minimum Gasteiger partial charge on any atom is -0.381 e. The number of nitrogens with zero attached hydrogens (tertiary/aromatic N) is 1. The highest BCUT2D eigenvalue weighted by molar-refractivity contribution is 7.91. The highest BCUT2D eigenvalue weighted by Crippen LogP contribution is 2.28. The van der Waals surface area contributed by atoms with Crippen LogP contribution in [-0.4, -0.2) is 46.0 Å². The molecule has 0 radical (unpaired) electrons. The number of halogens is 2. The number of hydrogen-bond acceptors (Lipinski definition) is 5. The van der Waals surface area contributed by atoms with Gasteiger partial charge in [-0.25, -0.2) is 21.1 Å². The van der Waals surface area contributed by atoms with Crippen molar-refractivity contribution in [3.8, 4) is 0 Å². The fraction of sp³-hybridized carbons (Fsp3) is 0.368. The van der Waals surface area contributed by atoms with E-state index in [2.05, 4.69) is 5.32 Å². The van der Waals surface area contributed by atoms with Gasteiger partial charge in [-0.05, 0) is 30.5 Å². The molecule has 2 aromatic rings. The molecule has 158 valence electrons. The van der Waals surface area contributed by atoms with E-state index in [0.29, 0.717) is 18.4 Å². The first kappa shape index (κ1) is 21.7. The number of piperidine rings is 1. The molecule has 2 aromatic carbocycles. The van der Waals surface area contributed by atoms with Crippen molar-refractivity contribution in [2.24, 2.45) is 0 Å². The maximum absolute atomic E-state index is 12.9. The zero-order chi connectivity index (χ0) is 21.1. The van der Waals surface area contributed by atoms with Crippen LogP contribution >= 0.6 is 0 Å². The Bertz CT molecular complexity index is 1040. The summed E-state index contributed by atoms with van der Waals surface area (Å²) in [5, 5.41) is 3.00. The molecule has 10 heteroatoms. The molecule has 1 heterocycles. The molecule has 6 nitrogen and oxygen atoms in total. The average molecular weight is 445 g/mol. The van der Waals surface area contributed by atoms with E-state index in [1.165, 1.54) is 16.4 Å². The van der Waals surface area contributed by atoms with Gasteiger partial charge in [-0.2, -0.15) is 8.78 Å². The van der Waals surface area contributed by atoms with Gasteiger partial charge in [-0.3, -0.25) is 0 Å². The Morgan fingerprint density at radius 1 is 0.931 bits per heavy atom. The van der Waals surface area contributed by atoms with Gasteiger partial charge in [0.1, 0.15) is 0 Å². The monoisotopic (exact) mass is 444 g/mol. The Hall–Kier alpha value is -2.04. The number of rotatable bonds is 7. The first-order valence-corrected chi connectivity index (χ1v) is 12.2. The Labute approximate surface area is 169 Å². The predicted octanol–water partition coefficient (Wildman–Crippen LogP) is 3.09. The number of nitrogens with one attached hydrogen (secondary N) is 1. The SMILES string of the molecule is O=S(=O)(c1ccccc1NC1CCN(S(=O)(=O)Cc2ccccc2)CC1)C(F)F. The van der Waals surface area contributed by atoms with Gasteiger partial charge in [0.2, 0.25) is 19.9 Å². The summed E-state index contributed by atoms with van der Waals surface area (Å²) >= 11 is 0. The summed E-state index contributed by atoms with van der Waals surface area (Å²) < 4.78 is 76.3. The van der Waals surface area contributed by atoms with Crippen LogP contribution in [0.15, 0.2) is 59.5 Å². The summed E-state index contributed by atoms with van der Waals surface area (Å²) in [7, 11) is -8.19. The van der Waals surface area contributed by atoms with Crippen molar-refractivity contribution in [2.45, 2.75) is 35.3 Å². The van der Waals surface area contributed by atoms with Crippen LogP contribution in [0.4, 0.5) is 14.5 Å².